The summed E-state index contributed by atoms with van der Waals surface area (Å²) in [5.74, 6) is -5.72. The van der Waals surface area contributed by atoms with Gasteiger partial charge >= 0.3 is 6.03 Å². The molecule has 3 aromatic rings. The van der Waals surface area contributed by atoms with E-state index in [1.165, 1.54) is 25.1 Å². The van der Waals surface area contributed by atoms with Gasteiger partial charge in [-0.3, -0.25) is 9.88 Å². The van der Waals surface area contributed by atoms with Gasteiger partial charge in [0.1, 0.15) is 23.6 Å². The number of carbonyl (C=O) groups excluding carboxylic acids is 1. The highest BCUT2D eigenvalue weighted by atomic mass is 32.2. The van der Waals surface area contributed by atoms with Crippen LogP contribution in [0.4, 0.5) is 28.2 Å². The van der Waals surface area contributed by atoms with Crippen molar-refractivity contribution in [2.24, 2.45) is 0 Å². The second kappa shape index (κ2) is 8.16. The molecular weight excluding hydrogens is 494 g/mol. The molecule has 2 aliphatic heterocycles. The number of anilines is 1. The molecule has 186 valence electrons. The quantitative estimate of drug-likeness (QED) is 0.526. The van der Waals surface area contributed by atoms with E-state index in [0.29, 0.717) is 6.07 Å². The lowest BCUT2D eigenvalue weighted by atomic mass is 10.0. The van der Waals surface area contributed by atoms with Gasteiger partial charge in [-0.1, -0.05) is 17.3 Å². The van der Waals surface area contributed by atoms with Crippen molar-refractivity contribution in [3.05, 3.63) is 42.1 Å². The highest BCUT2D eigenvalue weighted by molar-refractivity contribution is 7.89. The second-order valence-corrected chi connectivity index (χ2v) is 10.4. The standard InChI is InChI=1S/C21H19F4N5O4S/c1-2-35(32,33)28-15-10-30-16(21(15,24)25)6-7-29(20(30)31)19-17-12(4-3-5-14(17)34-27-19)18-13(23)8-11(22)9-26-18/h3-5,8-9,15-16,28H,2,6-7,10H2,1H3/t15-,16-/m1/s1. The number of benzene rings is 1. The SMILES string of the molecule is CCS(=O)(=O)N[C@@H]1CN2C(=O)N(c3noc4cccc(-c5ncc(F)cc5F)c34)CC[C@@H]2C1(F)F. The summed E-state index contributed by atoms with van der Waals surface area (Å²) in [6.07, 6.45) is 0.660. The number of carbonyl (C=O) groups is 1. The number of sulfonamides is 1. The molecule has 2 aliphatic rings. The first-order chi connectivity index (χ1) is 16.5. The molecule has 2 fully saturated rings. The summed E-state index contributed by atoms with van der Waals surface area (Å²) >= 11 is 0. The number of hydrogen-bond acceptors (Lipinski definition) is 6. The summed E-state index contributed by atoms with van der Waals surface area (Å²) < 4.78 is 89.0. The molecule has 2 aromatic heterocycles. The molecule has 0 saturated carbocycles. The molecule has 0 unspecified atom stereocenters. The van der Waals surface area contributed by atoms with E-state index in [2.05, 4.69) is 10.1 Å². The van der Waals surface area contributed by atoms with E-state index >= 15 is 8.78 Å². The van der Waals surface area contributed by atoms with Crippen LogP contribution in [-0.2, 0) is 10.0 Å². The predicted molar refractivity (Wildman–Crippen MR) is 116 cm³/mol. The van der Waals surface area contributed by atoms with Gasteiger partial charge in [-0.05, 0) is 19.4 Å². The first-order valence-electron chi connectivity index (χ1n) is 10.7. The second-order valence-electron chi connectivity index (χ2n) is 8.31. The van der Waals surface area contributed by atoms with Crippen molar-refractivity contribution in [2.45, 2.75) is 31.4 Å². The summed E-state index contributed by atoms with van der Waals surface area (Å²) in [6.45, 7) is 0.614. The molecule has 0 bridgehead atoms. The Hall–Kier alpha value is -3.26. The minimum atomic E-state index is -3.94. The fraction of sp³-hybridized carbons (Fsp3) is 0.381. The normalized spacial score (nSPS) is 22.1. The van der Waals surface area contributed by atoms with Crippen LogP contribution in [0.15, 0.2) is 35.0 Å². The lowest BCUT2D eigenvalue weighted by molar-refractivity contribution is -0.0448. The molecular formula is C21H19F4N5O4S. The van der Waals surface area contributed by atoms with E-state index in [0.717, 1.165) is 16.0 Å². The maximum atomic E-state index is 15.0. The molecule has 4 heterocycles. The van der Waals surface area contributed by atoms with Crippen LogP contribution in [0.25, 0.3) is 22.2 Å². The first-order valence-corrected chi connectivity index (χ1v) is 12.3. The Balaban J connectivity index is 1.53. The van der Waals surface area contributed by atoms with Crippen LogP contribution in [0.2, 0.25) is 0 Å². The van der Waals surface area contributed by atoms with E-state index < -0.39 is 52.2 Å². The van der Waals surface area contributed by atoms with Gasteiger partial charge in [0.2, 0.25) is 10.0 Å². The van der Waals surface area contributed by atoms with Gasteiger partial charge in [0.25, 0.3) is 5.92 Å². The third-order valence-corrected chi connectivity index (χ3v) is 7.67. The zero-order valence-corrected chi connectivity index (χ0v) is 19.0. The minimum Gasteiger partial charge on any atom is -0.354 e. The third kappa shape index (κ3) is 3.80. The smallest absolute Gasteiger partial charge is 0.326 e. The molecule has 14 heteroatoms. The topological polar surface area (TPSA) is 109 Å². The number of amides is 2. The lowest BCUT2D eigenvalue weighted by Gasteiger charge is -2.37. The third-order valence-electron chi connectivity index (χ3n) is 6.27. The minimum absolute atomic E-state index is 0.0366. The van der Waals surface area contributed by atoms with E-state index in [9.17, 15) is 22.0 Å². The number of urea groups is 1. The van der Waals surface area contributed by atoms with E-state index in [1.54, 1.807) is 0 Å². The Morgan fingerprint density at radius 2 is 2.06 bits per heavy atom. The fourth-order valence-corrected chi connectivity index (χ4v) is 5.36. The monoisotopic (exact) mass is 513 g/mol. The van der Waals surface area contributed by atoms with Crippen LogP contribution in [0.5, 0.6) is 0 Å². The first kappa shape index (κ1) is 23.5. The number of pyridine rings is 1. The predicted octanol–water partition coefficient (Wildman–Crippen LogP) is 3.13. The molecule has 1 aromatic carbocycles. The van der Waals surface area contributed by atoms with Gasteiger partial charge < -0.3 is 9.42 Å². The van der Waals surface area contributed by atoms with E-state index in [-0.39, 0.29) is 46.8 Å². The highest BCUT2D eigenvalue weighted by Crippen LogP contribution is 2.42. The van der Waals surface area contributed by atoms with Gasteiger partial charge in [-0.2, -0.15) is 0 Å². The van der Waals surface area contributed by atoms with Crippen molar-refractivity contribution in [3.8, 4) is 11.3 Å². The molecule has 0 aliphatic carbocycles. The van der Waals surface area contributed by atoms with Crippen molar-refractivity contribution in [2.75, 3.05) is 23.7 Å². The Morgan fingerprint density at radius 3 is 2.77 bits per heavy atom. The summed E-state index contributed by atoms with van der Waals surface area (Å²) in [7, 11) is -3.94. The molecule has 9 nitrogen and oxygen atoms in total. The zero-order valence-electron chi connectivity index (χ0n) is 18.2. The molecule has 5 rings (SSSR count). The largest absolute Gasteiger partial charge is 0.354 e. The van der Waals surface area contributed by atoms with Gasteiger partial charge in [-0.15, -0.1) is 0 Å². The maximum absolute atomic E-state index is 15.0. The summed E-state index contributed by atoms with van der Waals surface area (Å²) in [4.78, 5) is 19.1. The highest BCUT2D eigenvalue weighted by Gasteiger charge is 2.60. The Morgan fingerprint density at radius 1 is 1.29 bits per heavy atom. The number of fused-ring (bicyclic) bond motifs is 2. The van der Waals surface area contributed by atoms with Crippen LogP contribution in [0.3, 0.4) is 0 Å². The van der Waals surface area contributed by atoms with E-state index in [1.807, 2.05) is 4.72 Å². The Labute approximate surface area is 196 Å². The van der Waals surface area contributed by atoms with Crippen LogP contribution < -0.4 is 9.62 Å². The van der Waals surface area contributed by atoms with Gasteiger partial charge in [0.05, 0.1) is 17.3 Å². The van der Waals surface area contributed by atoms with Crippen LogP contribution in [0, 0.1) is 11.6 Å². The number of alkyl halides is 2. The van der Waals surface area contributed by atoms with Crippen molar-refractivity contribution in [3.63, 3.8) is 0 Å². The van der Waals surface area contributed by atoms with Crippen molar-refractivity contribution >= 4 is 32.8 Å². The van der Waals surface area contributed by atoms with Crippen LogP contribution in [0.1, 0.15) is 13.3 Å². The number of halogens is 4. The van der Waals surface area contributed by atoms with Crippen LogP contribution >= 0.6 is 0 Å². The van der Waals surface area contributed by atoms with Crippen molar-refractivity contribution in [1.29, 1.82) is 0 Å². The van der Waals surface area contributed by atoms with Crippen molar-refractivity contribution < 1.29 is 35.3 Å². The van der Waals surface area contributed by atoms with Gasteiger partial charge in [0, 0.05) is 24.7 Å². The number of hydrogen-bond donors (Lipinski definition) is 1. The Bertz CT molecular complexity index is 1430. The number of nitrogens with one attached hydrogen (secondary N) is 1. The molecule has 0 radical (unpaired) electrons. The molecule has 35 heavy (non-hydrogen) atoms. The Kier molecular flexibility index (Phi) is 5.47. The summed E-state index contributed by atoms with van der Waals surface area (Å²) in [5, 5.41) is 4.13. The van der Waals surface area contributed by atoms with Gasteiger partial charge in [-0.25, -0.2) is 35.5 Å². The molecule has 2 amide bonds. The lowest BCUT2D eigenvalue weighted by Crippen LogP contribution is -2.56. The molecule has 2 atom stereocenters. The maximum Gasteiger partial charge on any atom is 0.326 e. The average molecular weight is 513 g/mol. The van der Waals surface area contributed by atoms with Crippen molar-refractivity contribution in [1.82, 2.24) is 19.8 Å². The summed E-state index contributed by atoms with van der Waals surface area (Å²) in [5.41, 5.74) is 0.148. The summed E-state index contributed by atoms with van der Waals surface area (Å²) in [6, 6.07) is 1.10. The number of rotatable bonds is 5. The molecule has 0 spiro atoms. The number of aromatic nitrogens is 2. The fourth-order valence-electron chi connectivity index (χ4n) is 4.53. The zero-order chi connectivity index (χ0) is 25.1. The average Bonchev–Trinajstić information content (AvgIpc) is 3.34. The van der Waals surface area contributed by atoms with E-state index in [4.69, 9.17) is 4.52 Å². The molecule has 2 saturated heterocycles. The number of nitrogens with zero attached hydrogens (tertiary/aromatic N) is 4. The molecule has 1 N–H and O–H groups in total. The van der Waals surface area contributed by atoms with Gasteiger partial charge in [0.15, 0.2) is 17.2 Å². The van der Waals surface area contributed by atoms with Crippen LogP contribution in [-0.4, -0.2) is 66.3 Å².